The van der Waals surface area contributed by atoms with Gasteiger partial charge in [-0.1, -0.05) is 0 Å². The Hall–Kier alpha value is -1.23. The van der Waals surface area contributed by atoms with Gasteiger partial charge < -0.3 is 0 Å². The second-order valence-electron chi connectivity index (χ2n) is 5.27. The van der Waals surface area contributed by atoms with Crippen molar-refractivity contribution in [1.29, 1.82) is 0 Å². The average Bonchev–Trinajstić information content (AvgIpc) is 2.75. The zero-order valence-corrected chi connectivity index (χ0v) is 12.3. The van der Waals surface area contributed by atoms with Gasteiger partial charge in [0, 0.05) is 0 Å². The number of hydrogen-bond donors (Lipinski definition) is 2. The van der Waals surface area contributed by atoms with Gasteiger partial charge in [-0.15, -0.1) is 0 Å². The summed E-state index contributed by atoms with van der Waals surface area (Å²) in [6.07, 6.45) is 0. The molecule has 1 aliphatic heterocycles. The van der Waals surface area contributed by atoms with Crippen molar-refractivity contribution in [2.24, 2.45) is 19.1 Å². The van der Waals surface area contributed by atoms with Crippen molar-refractivity contribution in [3.8, 4) is 0 Å². The standard InChI is InChI=1S/C12H16N4OSe/c1-12(2,3)10(13)11(17)14-7-5-4-6-8-9(7)16-18-15-8/h4-6,10H,13H2,1-3H3,(H,14,17)/t10-/m1/s1. The topological polar surface area (TPSA) is 79.8 Å². The SMILES string of the molecule is CC(C)(C)[C@H](N)C(=O)Nc1cccc2c1N=[Se]=N2. The number of carbonyl (C=O) groups is 1. The fraction of sp³-hybridized carbons (Fsp3) is 0.417. The van der Waals surface area contributed by atoms with E-state index in [2.05, 4.69) is 13.2 Å². The first-order chi connectivity index (χ1) is 8.39. The van der Waals surface area contributed by atoms with E-state index in [1.54, 1.807) is 0 Å². The quantitative estimate of drug-likeness (QED) is 0.835. The third-order valence-electron chi connectivity index (χ3n) is 2.76. The number of nitrogens with one attached hydrogen (secondary N) is 1. The van der Waals surface area contributed by atoms with Crippen LogP contribution < -0.4 is 11.1 Å². The van der Waals surface area contributed by atoms with Crippen LogP contribution in [0.5, 0.6) is 0 Å². The number of benzene rings is 1. The van der Waals surface area contributed by atoms with Crippen LogP contribution in [0.2, 0.25) is 0 Å². The van der Waals surface area contributed by atoms with E-state index in [4.69, 9.17) is 5.73 Å². The normalized spacial score (nSPS) is 14.9. The molecule has 0 radical (unpaired) electrons. The van der Waals surface area contributed by atoms with Gasteiger partial charge in [-0.2, -0.15) is 0 Å². The Morgan fingerprint density at radius 3 is 2.78 bits per heavy atom. The van der Waals surface area contributed by atoms with Gasteiger partial charge in [-0.3, -0.25) is 0 Å². The maximum atomic E-state index is 12.1. The first-order valence-corrected chi connectivity index (χ1v) is 7.20. The molecule has 1 amide bonds. The van der Waals surface area contributed by atoms with Crippen LogP contribution in [0.15, 0.2) is 26.1 Å². The zero-order chi connectivity index (χ0) is 13.3. The van der Waals surface area contributed by atoms with Crippen LogP contribution in [0, 0.1) is 5.41 Å². The third-order valence-corrected chi connectivity index (χ3v) is 3.90. The molecular weight excluding hydrogens is 295 g/mol. The van der Waals surface area contributed by atoms with Crippen LogP contribution in [-0.4, -0.2) is 26.5 Å². The molecule has 0 saturated carbocycles. The zero-order valence-electron chi connectivity index (χ0n) is 10.6. The molecule has 3 N–H and O–H groups in total. The van der Waals surface area contributed by atoms with Gasteiger partial charge in [0.1, 0.15) is 0 Å². The van der Waals surface area contributed by atoms with Crippen LogP contribution in [0.3, 0.4) is 0 Å². The van der Waals surface area contributed by atoms with E-state index in [-0.39, 0.29) is 25.9 Å². The van der Waals surface area contributed by atoms with E-state index in [1.807, 2.05) is 39.0 Å². The van der Waals surface area contributed by atoms with Gasteiger partial charge in [0.2, 0.25) is 0 Å². The molecule has 0 spiro atoms. The van der Waals surface area contributed by atoms with Crippen molar-refractivity contribution in [2.75, 3.05) is 5.32 Å². The Morgan fingerprint density at radius 1 is 1.39 bits per heavy atom. The number of nitrogens with zero attached hydrogens (tertiary/aromatic N) is 2. The summed E-state index contributed by atoms with van der Waals surface area (Å²) in [5.41, 5.74) is 7.96. The molecule has 0 unspecified atom stereocenters. The molecular formula is C12H16N4OSe. The van der Waals surface area contributed by atoms with Crippen molar-refractivity contribution in [3.05, 3.63) is 18.2 Å². The molecule has 2 rings (SSSR count). The predicted octanol–water partition coefficient (Wildman–Crippen LogP) is 2.35. The molecule has 1 atom stereocenters. The summed E-state index contributed by atoms with van der Waals surface area (Å²) in [5, 5.41) is 2.84. The monoisotopic (exact) mass is 312 g/mol. The number of nitrogens with two attached hydrogens (primary N) is 1. The molecule has 1 aromatic rings. The molecule has 0 saturated heterocycles. The number of amides is 1. The van der Waals surface area contributed by atoms with Crippen LogP contribution in [0.25, 0.3) is 0 Å². The maximum absolute atomic E-state index is 12.1. The summed E-state index contributed by atoms with van der Waals surface area (Å²) in [6.45, 7) is 5.82. The summed E-state index contributed by atoms with van der Waals surface area (Å²) >= 11 is -0.102. The van der Waals surface area contributed by atoms with Gasteiger partial charge in [0.25, 0.3) is 0 Å². The number of anilines is 1. The molecule has 0 aromatic heterocycles. The van der Waals surface area contributed by atoms with Crippen molar-refractivity contribution < 1.29 is 4.79 Å². The van der Waals surface area contributed by atoms with Crippen molar-refractivity contribution in [2.45, 2.75) is 26.8 Å². The molecule has 0 bridgehead atoms. The molecule has 96 valence electrons. The summed E-state index contributed by atoms with van der Waals surface area (Å²) < 4.78 is 8.59. The number of hydrogen-bond acceptors (Lipinski definition) is 4. The molecule has 0 aliphatic carbocycles. The molecule has 1 aliphatic rings. The fourth-order valence-electron chi connectivity index (χ4n) is 1.51. The number of carbonyl (C=O) groups excluding carboxylic acids is 1. The summed E-state index contributed by atoms with van der Waals surface area (Å²) in [4.78, 5) is 12.1. The first kappa shape index (κ1) is 13.2. The van der Waals surface area contributed by atoms with Gasteiger partial charge in [-0.25, -0.2) is 0 Å². The number of rotatable bonds is 2. The van der Waals surface area contributed by atoms with E-state index < -0.39 is 6.04 Å². The summed E-state index contributed by atoms with van der Waals surface area (Å²) in [6, 6.07) is 5.02. The fourth-order valence-corrected chi connectivity index (χ4v) is 2.66. The van der Waals surface area contributed by atoms with E-state index >= 15 is 0 Å². The minimum absolute atomic E-state index is 0.102. The van der Waals surface area contributed by atoms with Gasteiger partial charge in [-0.05, 0) is 0 Å². The molecule has 0 fully saturated rings. The van der Waals surface area contributed by atoms with Crippen molar-refractivity contribution in [3.63, 3.8) is 0 Å². The molecule has 1 aromatic carbocycles. The Kier molecular flexibility index (Phi) is 3.52. The van der Waals surface area contributed by atoms with Crippen molar-refractivity contribution in [1.82, 2.24) is 0 Å². The Bertz CT molecular complexity index is 556. The van der Waals surface area contributed by atoms with E-state index in [9.17, 15) is 4.79 Å². The number of fused-ring (bicyclic) bond motifs is 1. The molecule has 18 heavy (non-hydrogen) atoms. The third kappa shape index (κ3) is 2.61. The van der Waals surface area contributed by atoms with Crippen LogP contribution in [0.1, 0.15) is 20.8 Å². The van der Waals surface area contributed by atoms with Crippen LogP contribution >= 0.6 is 0 Å². The summed E-state index contributed by atoms with van der Waals surface area (Å²) in [5.74, 6) is -0.189. The molecule has 6 heteroatoms. The van der Waals surface area contributed by atoms with Gasteiger partial charge in [0.05, 0.1) is 0 Å². The van der Waals surface area contributed by atoms with E-state index in [1.165, 1.54) is 0 Å². The van der Waals surface area contributed by atoms with Crippen LogP contribution in [0.4, 0.5) is 17.1 Å². The second-order valence-corrected chi connectivity index (χ2v) is 6.38. The predicted molar refractivity (Wildman–Crippen MR) is 72.4 cm³/mol. The average molecular weight is 311 g/mol. The Morgan fingerprint density at radius 2 is 2.11 bits per heavy atom. The van der Waals surface area contributed by atoms with Gasteiger partial charge in [0.15, 0.2) is 0 Å². The van der Waals surface area contributed by atoms with E-state index in [0.717, 1.165) is 11.4 Å². The molecule has 1 heterocycles. The van der Waals surface area contributed by atoms with Crippen LogP contribution in [-0.2, 0) is 4.79 Å². The van der Waals surface area contributed by atoms with Gasteiger partial charge >= 0.3 is 112 Å². The van der Waals surface area contributed by atoms with Crippen molar-refractivity contribution >= 4 is 37.5 Å². The summed E-state index contributed by atoms with van der Waals surface area (Å²) in [7, 11) is 0. The first-order valence-electron chi connectivity index (χ1n) is 5.67. The second kappa shape index (κ2) is 4.80. The Labute approximate surface area is 112 Å². The minimum atomic E-state index is -0.558. The Balaban J connectivity index is 2.19. The van der Waals surface area contributed by atoms with E-state index in [0.29, 0.717) is 5.69 Å². The molecule has 5 nitrogen and oxygen atoms in total.